The van der Waals surface area contributed by atoms with E-state index in [2.05, 4.69) is 132 Å². The van der Waals surface area contributed by atoms with Crippen molar-refractivity contribution in [2.24, 2.45) is 0 Å². The van der Waals surface area contributed by atoms with Gasteiger partial charge in [-0.1, -0.05) is 127 Å². The van der Waals surface area contributed by atoms with Crippen LogP contribution in [-0.4, -0.2) is 7.56 Å². The van der Waals surface area contributed by atoms with Gasteiger partial charge in [-0.15, -0.1) is 0 Å². The minimum Gasteiger partial charge on any atom is -0.457 e. The molecule has 47 heavy (non-hydrogen) atoms. The monoisotopic (exact) mass is 605 g/mol. The Hall–Kier alpha value is -5.87. The quantitative estimate of drug-likeness (QED) is 0.185. The maximum absolute atomic E-state index is 14.6. The Balaban J connectivity index is 1.38. The van der Waals surface area contributed by atoms with Crippen molar-refractivity contribution >= 4 is 30.1 Å². The molecule has 0 saturated heterocycles. The minimum absolute atomic E-state index is 0.550. The second-order valence-electron chi connectivity index (χ2n) is 12.2. The molecule has 4 heteroatoms. The molecule has 0 unspecified atom stereocenters. The van der Waals surface area contributed by atoms with Crippen LogP contribution in [0.5, 0.6) is 11.5 Å². The molecule has 1 spiro atoms. The Bertz CT molecular complexity index is 2220. The van der Waals surface area contributed by atoms with Gasteiger partial charge in [0.25, 0.3) is 0 Å². The number of ether oxygens (including phenoxy) is 1. The summed E-state index contributed by atoms with van der Waals surface area (Å²) in [6, 6.07) is 59.1. The lowest BCUT2D eigenvalue weighted by Gasteiger charge is -2.49. The van der Waals surface area contributed by atoms with E-state index in [1.165, 1.54) is 5.56 Å². The zero-order chi connectivity index (χ0) is 31.4. The van der Waals surface area contributed by atoms with E-state index in [9.17, 15) is 4.32 Å². The predicted octanol–water partition coefficient (Wildman–Crippen LogP) is 10.2. The second-order valence-corrected chi connectivity index (χ2v) is 12.2. The number of para-hydroxylation sites is 2. The fourth-order valence-electron chi connectivity index (χ4n) is 7.56. The number of fused-ring (bicyclic) bond motifs is 8. The number of rotatable bonds is 4. The van der Waals surface area contributed by atoms with Gasteiger partial charge in [0.2, 0.25) is 0 Å². The zero-order valence-electron chi connectivity index (χ0n) is 25.6. The molecule has 222 valence electrons. The maximum atomic E-state index is 14.6. The summed E-state index contributed by atoms with van der Waals surface area (Å²) in [5.74, 6) is 1.61. The van der Waals surface area contributed by atoms with E-state index in [4.69, 9.17) is 4.74 Å². The number of halogens is 1. The lowest BCUT2D eigenvalue weighted by Crippen LogP contribution is -2.40. The van der Waals surface area contributed by atoms with E-state index in [-0.39, 0.29) is 0 Å². The molecule has 2 aliphatic heterocycles. The lowest BCUT2D eigenvalue weighted by molar-refractivity contribution is 0.434. The Morgan fingerprint density at radius 3 is 1.55 bits per heavy atom. The van der Waals surface area contributed by atoms with Gasteiger partial charge in [0.15, 0.2) is 0 Å². The SMILES string of the molecule is FBc1ccc2c(c1)C1(c3ccccc3Oc3ccccc31)c1cc(-c3ccccc3)ccc1N2c1ccc(-c2ccccc2)cc1. The highest BCUT2D eigenvalue weighted by molar-refractivity contribution is 6.46. The Labute approximate surface area is 274 Å². The van der Waals surface area contributed by atoms with Crippen LogP contribution < -0.4 is 15.1 Å². The second kappa shape index (κ2) is 10.9. The summed E-state index contributed by atoms with van der Waals surface area (Å²) < 4.78 is 21.2. The third kappa shape index (κ3) is 4.18. The molecule has 2 nitrogen and oxygen atoms in total. The fraction of sp³-hybridized carbons (Fsp3) is 0.0233. The molecule has 9 rings (SSSR count). The summed E-state index contributed by atoms with van der Waals surface area (Å²) in [4.78, 5) is 2.34. The third-order valence-corrected chi connectivity index (χ3v) is 9.64. The van der Waals surface area contributed by atoms with Gasteiger partial charge >= 0.3 is 7.56 Å². The van der Waals surface area contributed by atoms with Crippen LogP contribution in [0.4, 0.5) is 21.4 Å². The molecular formula is C43H29BFNO. The van der Waals surface area contributed by atoms with Gasteiger partial charge in [0, 0.05) is 16.8 Å². The first-order valence-electron chi connectivity index (χ1n) is 16.0. The van der Waals surface area contributed by atoms with Crippen molar-refractivity contribution in [2.75, 3.05) is 4.90 Å². The summed E-state index contributed by atoms with van der Waals surface area (Å²) in [6.07, 6.45) is 0. The van der Waals surface area contributed by atoms with Crippen molar-refractivity contribution < 1.29 is 9.05 Å². The van der Waals surface area contributed by atoms with E-state index in [1.54, 1.807) is 0 Å². The highest BCUT2D eigenvalue weighted by Gasteiger charge is 2.51. The van der Waals surface area contributed by atoms with E-state index < -0.39 is 13.0 Å². The summed E-state index contributed by atoms with van der Waals surface area (Å²) in [6.45, 7) is 0. The van der Waals surface area contributed by atoms with Crippen molar-refractivity contribution in [3.8, 4) is 33.8 Å². The molecule has 0 amide bonds. The molecule has 2 aliphatic rings. The molecule has 0 N–H and O–H groups in total. The van der Waals surface area contributed by atoms with Gasteiger partial charge in [0.05, 0.1) is 16.8 Å². The Morgan fingerprint density at radius 2 is 0.936 bits per heavy atom. The van der Waals surface area contributed by atoms with Crippen LogP contribution in [0, 0.1) is 0 Å². The zero-order valence-corrected chi connectivity index (χ0v) is 25.6. The molecule has 0 atom stereocenters. The summed E-state index contributed by atoms with van der Waals surface area (Å²) in [7, 11) is -0.550. The normalized spacial score (nSPS) is 13.5. The first kappa shape index (κ1) is 27.4. The topological polar surface area (TPSA) is 12.5 Å². The van der Waals surface area contributed by atoms with Crippen LogP contribution in [0.3, 0.4) is 0 Å². The molecule has 0 fully saturated rings. The van der Waals surface area contributed by atoms with Crippen molar-refractivity contribution in [2.45, 2.75) is 5.41 Å². The molecule has 0 aliphatic carbocycles. The molecule has 0 aromatic heterocycles. The molecule has 0 saturated carbocycles. The highest BCUT2D eigenvalue weighted by atomic mass is 19.1. The first-order chi connectivity index (χ1) is 23.3. The summed E-state index contributed by atoms with van der Waals surface area (Å²) in [5, 5.41) is 0. The van der Waals surface area contributed by atoms with Crippen LogP contribution in [0.2, 0.25) is 0 Å². The Kier molecular flexibility index (Phi) is 6.36. The number of anilines is 3. The predicted molar refractivity (Wildman–Crippen MR) is 192 cm³/mol. The van der Waals surface area contributed by atoms with Crippen molar-refractivity contribution in [1.82, 2.24) is 0 Å². The van der Waals surface area contributed by atoms with E-state index in [0.717, 1.165) is 67.5 Å². The fourth-order valence-corrected chi connectivity index (χ4v) is 7.56. The molecule has 0 radical (unpaired) electrons. The van der Waals surface area contributed by atoms with Crippen LogP contribution >= 0.6 is 0 Å². The van der Waals surface area contributed by atoms with E-state index in [0.29, 0.717) is 5.46 Å². The van der Waals surface area contributed by atoms with Gasteiger partial charge in [-0.3, -0.25) is 0 Å². The minimum atomic E-state index is -0.757. The van der Waals surface area contributed by atoms with Gasteiger partial charge in [-0.2, -0.15) is 0 Å². The van der Waals surface area contributed by atoms with Gasteiger partial charge in [-0.05, 0) is 81.3 Å². The smallest absolute Gasteiger partial charge is 0.364 e. The summed E-state index contributed by atoms with van der Waals surface area (Å²) >= 11 is 0. The van der Waals surface area contributed by atoms with Crippen molar-refractivity contribution in [1.29, 1.82) is 0 Å². The molecular weight excluding hydrogens is 576 g/mol. The van der Waals surface area contributed by atoms with Crippen LogP contribution in [-0.2, 0) is 5.41 Å². The van der Waals surface area contributed by atoms with Crippen LogP contribution in [0.1, 0.15) is 22.3 Å². The van der Waals surface area contributed by atoms with Gasteiger partial charge < -0.3 is 14.0 Å². The third-order valence-electron chi connectivity index (χ3n) is 9.64. The van der Waals surface area contributed by atoms with Gasteiger partial charge in [-0.25, -0.2) is 0 Å². The van der Waals surface area contributed by atoms with Gasteiger partial charge in [0.1, 0.15) is 11.5 Å². The lowest BCUT2D eigenvalue weighted by atomic mass is 9.60. The maximum Gasteiger partial charge on any atom is 0.364 e. The van der Waals surface area contributed by atoms with Crippen LogP contribution in [0.15, 0.2) is 170 Å². The van der Waals surface area contributed by atoms with Crippen molar-refractivity contribution in [3.63, 3.8) is 0 Å². The molecule has 2 heterocycles. The average Bonchev–Trinajstić information content (AvgIpc) is 3.15. The van der Waals surface area contributed by atoms with E-state index in [1.807, 2.05) is 42.5 Å². The number of hydrogen-bond acceptors (Lipinski definition) is 2. The van der Waals surface area contributed by atoms with Crippen LogP contribution in [0.25, 0.3) is 22.3 Å². The molecule has 7 aromatic rings. The standard InChI is InChI=1S/C43H29BFNO/c45-44-33-22-26-40-38(28-33)43(35-15-7-9-17-41(35)47-42-18-10-8-16-36(42)43)37-27-32(30-13-5-2-6-14-30)21-25-39(37)46(40)34-23-19-31(20-24-34)29-11-3-1-4-12-29/h1-28,44H. The molecule has 0 bridgehead atoms. The molecule has 7 aromatic carbocycles. The largest absolute Gasteiger partial charge is 0.457 e. The average molecular weight is 606 g/mol. The number of nitrogens with zero attached hydrogens (tertiary/aromatic N) is 1. The first-order valence-corrected chi connectivity index (χ1v) is 16.0. The summed E-state index contributed by atoms with van der Waals surface area (Å²) in [5.41, 5.74) is 11.8. The van der Waals surface area contributed by atoms with Crippen molar-refractivity contribution in [3.05, 3.63) is 192 Å². The highest BCUT2D eigenvalue weighted by Crippen LogP contribution is 2.63. The number of benzene rings is 7. The van der Waals surface area contributed by atoms with E-state index >= 15 is 0 Å². The number of hydrogen-bond donors (Lipinski definition) is 0. The Morgan fingerprint density at radius 1 is 0.447 bits per heavy atom.